The largest absolute Gasteiger partial charge is 0.481 e. The third-order valence-electron chi connectivity index (χ3n) is 6.30. The van der Waals surface area contributed by atoms with Crippen molar-refractivity contribution in [2.24, 2.45) is 17.1 Å². The predicted molar refractivity (Wildman–Crippen MR) is 120 cm³/mol. The van der Waals surface area contributed by atoms with Crippen LogP contribution in [0, 0.1) is 11.3 Å². The summed E-state index contributed by atoms with van der Waals surface area (Å²) in [7, 11) is 0. The van der Waals surface area contributed by atoms with E-state index in [4.69, 9.17) is 5.73 Å². The van der Waals surface area contributed by atoms with E-state index in [2.05, 4.69) is 15.1 Å². The number of aliphatic carboxylic acids is 1. The van der Waals surface area contributed by atoms with Gasteiger partial charge in [-0.25, -0.2) is 14.6 Å². The number of fused-ring (bicyclic) bond motifs is 1. The monoisotopic (exact) mass is 436 g/mol. The van der Waals surface area contributed by atoms with Crippen LogP contribution >= 0.6 is 0 Å². The summed E-state index contributed by atoms with van der Waals surface area (Å²) in [5.41, 5.74) is 7.75. The summed E-state index contributed by atoms with van der Waals surface area (Å²) in [6.45, 7) is 3.97. The number of carboxylic acids is 1. The number of aromatic nitrogens is 5. The Labute approximate surface area is 186 Å². The maximum Gasteiger partial charge on any atom is 0.309 e. The van der Waals surface area contributed by atoms with Crippen molar-refractivity contribution >= 4 is 28.6 Å². The van der Waals surface area contributed by atoms with Gasteiger partial charge in [0.05, 0.1) is 23.0 Å². The molecule has 1 aliphatic carbocycles. The topological polar surface area (TPSA) is 129 Å². The van der Waals surface area contributed by atoms with Gasteiger partial charge in [0, 0.05) is 41.9 Å². The van der Waals surface area contributed by atoms with E-state index in [0.717, 1.165) is 53.7 Å². The number of amides is 1. The fourth-order valence-electron chi connectivity index (χ4n) is 4.25. The van der Waals surface area contributed by atoms with Crippen LogP contribution in [0.2, 0.25) is 0 Å². The highest BCUT2D eigenvalue weighted by molar-refractivity contribution is 5.92. The van der Waals surface area contributed by atoms with Crippen LogP contribution in [-0.4, -0.2) is 41.3 Å². The Hall–Kier alpha value is -3.49. The van der Waals surface area contributed by atoms with E-state index in [9.17, 15) is 14.7 Å². The molecule has 1 amide bonds. The van der Waals surface area contributed by atoms with Crippen molar-refractivity contribution in [1.82, 2.24) is 24.3 Å². The second-order valence-corrected chi connectivity index (χ2v) is 9.03. The molecule has 1 fully saturated rings. The second-order valence-electron chi connectivity index (χ2n) is 9.03. The normalized spacial score (nSPS) is 15.5. The molecule has 3 N–H and O–H groups in total. The number of carboxylic acid groups (broad SMARTS) is 1. The van der Waals surface area contributed by atoms with Crippen LogP contribution in [0.4, 0.5) is 0 Å². The standard InChI is InChI=1S/C23H28N6O3/c1-23(2,22(31)32)8-10-28-9-7-17-20(25-14-26-21(17)28)16-12-27-29(13-16)18(11-19(24)30)15-5-3-4-6-15/h7,9,11-15H,3-6,8,10H2,1-2H3,(H2,24,30)(H,31,32)/b18-11-. The number of carbonyl (C=O) groups excluding carboxylic acids is 1. The first-order valence-corrected chi connectivity index (χ1v) is 10.9. The van der Waals surface area contributed by atoms with Gasteiger partial charge in [0.15, 0.2) is 0 Å². The maximum absolute atomic E-state index is 11.6. The molecule has 0 unspecified atom stereocenters. The van der Waals surface area contributed by atoms with Crippen molar-refractivity contribution < 1.29 is 14.7 Å². The van der Waals surface area contributed by atoms with Crippen molar-refractivity contribution in [1.29, 1.82) is 0 Å². The summed E-state index contributed by atoms with van der Waals surface area (Å²) in [4.78, 5) is 31.9. The summed E-state index contributed by atoms with van der Waals surface area (Å²) in [6, 6.07) is 1.94. The zero-order chi connectivity index (χ0) is 22.9. The molecule has 9 nitrogen and oxygen atoms in total. The Kier molecular flexibility index (Phi) is 5.82. The first-order valence-electron chi connectivity index (χ1n) is 10.9. The summed E-state index contributed by atoms with van der Waals surface area (Å²) in [5.74, 6) is -1.03. The number of hydrogen-bond acceptors (Lipinski definition) is 5. The number of hydrogen-bond donors (Lipinski definition) is 2. The minimum Gasteiger partial charge on any atom is -0.481 e. The molecule has 32 heavy (non-hydrogen) atoms. The van der Waals surface area contributed by atoms with Crippen molar-refractivity contribution in [3.8, 4) is 11.3 Å². The van der Waals surface area contributed by atoms with Crippen LogP contribution in [0.25, 0.3) is 28.0 Å². The first kappa shape index (κ1) is 21.7. The van der Waals surface area contributed by atoms with E-state index in [-0.39, 0.29) is 5.92 Å². The zero-order valence-corrected chi connectivity index (χ0v) is 18.4. The number of nitrogens with two attached hydrogens (primary N) is 1. The molecule has 0 aliphatic heterocycles. The molecule has 0 atom stereocenters. The molecule has 0 saturated heterocycles. The molecule has 1 aliphatic rings. The summed E-state index contributed by atoms with van der Waals surface area (Å²) >= 11 is 0. The third kappa shape index (κ3) is 4.28. The lowest BCUT2D eigenvalue weighted by Crippen LogP contribution is -2.25. The Morgan fingerprint density at radius 2 is 2.03 bits per heavy atom. The van der Waals surface area contributed by atoms with E-state index in [1.165, 1.54) is 12.4 Å². The van der Waals surface area contributed by atoms with Gasteiger partial charge in [-0.2, -0.15) is 5.10 Å². The number of nitrogens with zero attached hydrogens (tertiary/aromatic N) is 5. The summed E-state index contributed by atoms with van der Waals surface area (Å²) in [5, 5.41) is 14.7. The van der Waals surface area contributed by atoms with E-state index in [1.54, 1.807) is 24.7 Å². The summed E-state index contributed by atoms with van der Waals surface area (Å²) in [6.07, 6.45) is 13.3. The number of carbonyl (C=O) groups is 2. The van der Waals surface area contributed by atoms with Crippen LogP contribution in [0.15, 0.2) is 37.1 Å². The Morgan fingerprint density at radius 1 is 1.28 bits per heavy atom. The number of allylic oxidation sites excluding steroid dienone is 1. The van der Waals surface area contributed by atoms with E-state index in [0.29, 0.717) is 13.0 Å². The fourth-order valence-corrected chi connectivity index (χ4v) is 4.25. The van der Waals surface area contributed by atoms with Crippen LogP contribution in [0.1, 0.15) is 46.0 Å². The molecule has 3 heterocycles. The molecule has 0 radical (unpaired) electrons. The van der Waals surface area contributed by atoms with Crippen LogP contribution in [0.3, 0.4) is 0 Å². The molecule has 0 spiro atoms. The SMILES string of the molecule is CC(C)(CCn1ccc2c(-c3cnn(/C(=C\C(N)=O)C4CCCC4)c3)ncnc21)C(=O)O. The minimum absolute atomic E-state index is 0.263. The van der Waals surface area contributed by atoms with Crippen LogP contribution in [0.5, 0.6) is 0 Å². The van der Waals surface area contributed by atoms with Gasteiger partial charge in [-0.15, -0.1) is 0 Å². The Balaban J connectivity index is 1.65. The maximum atomic E-state index is 11.6. The molecular formula is C23H28N6O3. The van der Waals surface area contributed by atoms with Gasteiger partial charge < -0.3 is 15.4 Å². The second kappa shape index (κ2) is 8.57. The quantitative estimate of drug-likeness (QED) is 0.521. The molecule has 168 valence electrons. The van der Waals surface area contributed by atoms with E-state index >= 15 is 0 Å². The third-order valence-corrected chi connectivity index (χ3v) is 6.30. The first-order chi connectivity index (χ1) is 15.3. The van der Waals surface area contributed by atoms with E-state index in [1.807, 2.05) is 23.0 Å². The van der Waals surface area contributed by atoms with Gasteiger partial charge in [-0.05, 0) is 39.2 Å². The lowest BCUT2D eigenvalue weighted by atomic mass is 9.90. The lowest BCUT2D eigenvalue weighted by Gasteiger charge is -2.19. The minimum atomic E-state index is -0.822. The molecule has 1 saturated carbocycles. The van der Waals surface area contributed by atoms with Crippen LogP contribution < -0.4 is 5.73 Å². The van der Waals surface area contributed by atoms with Crippen molar-refractivity contribution in [3.63, 3.8) is 0 Å². The van der Waals surface area contributed by atoms with Gasteiger partial charge >= 0.3 is 5.97 Å². The van der Waals surface area contributed by atoms with Gasteiger partial charge in [-0.1, -0.05) is 12.8 Å². The van der Waals surface area contributed by atoms with Gasteiger partial charge in [0.2, 0.25) is 5.91 Å². The molecule has 4 rings (SSSR count). The van der Waals surface area contributed by atoms with E-state index < -0.39 is 17.3 Å². The number of aryl methyl sites for hydroxylation is 1. The van der Waals surface area contributed by atoms with Crippen LogP contribution in [-0.2, 0) is 16.1 Å². The van der Waals surface area contributed by atoms with Gasteiger partial charge in [0.25, 0.3) is 0 Å². The molecule has 0 bridgehead atoms. The highest BCUT2D eigenvalue weighted by atomic mass is 16.4. The average molecular weight is 437 g/mol. The lowest BCUT2D eigenvalue weighted by molar-refractivity contribution is -0.147. The van der Waals surface area contributed by atoms with Crippen molar-refractivity contribution in [2.45, 2.75) is 52.5 Å². The Morgan fingerprint density at radius 3 is 2.72 bits per heavy atom. The number of primary amides is 1. The highest BCUT2D eigenvalue weighted by Gasteiger charge is 2.27. The smallest absolute Gasteiger partial charge is 0.309 e. The average Bonchev–Trinajstić information content (AvgIpc) is 3.51. The number of rotatable bonds is 8. The predicted octanol–water partition coefficient (Wildman–Crippen LogP) is 3.31. The van der Waals surface area contributed by atoms with Crippen molar-refractivity contribution in [3.05, 3.63) is 37.1 Å². The molecule has 3 aromatic heterocycles. The summed E-state index contributed by atoms with van der Waals surface area (Å²) < 4.78 is 3.68. The Bertz CT molecular complexity index is 1180. The molecule has 9 heteroatoms. The molecule has 3 aromatic rings. The highest BCUT2D eigenvalue weighted by Crippen LogP contribution is 2.34. The van der Waals surface area contributed by atoms with Gasteiger partial charge in [-0.3, -0.25) is 9.59 Å². The zero-order valence-electron chi connectivity index (χ0n) is 18.4. The fraction of sp³-hybridized carbons (Fsp3) is 0.435. The molecule has 0 aromatic carbocycles. The van der Waals surface area contributed by atoms with Gasteiger partial charge in [0.1, 0.15) is 12.0 Å². The molecular weight excluding hydrogens is 408 g/mol. The van der Waals surface area contributed by atoms with Crippen molar-refractivity contribution in [2.75, 3.05) is 0 Å².